The average Bonchev–Trinajstić information content (AvgIpc) is 2.66. The Bertz CT molecular complexity index is 799. The third-order valence-corrected chi connectivity index (χ3v) is 3.60. The summed E-state index contributed by atoms with van der Waals surface area (Å²) in [5.74, 6) is -0.0734. The molecule has 118 valence electrons. The van der Waals surface area contributed by atoms with E-state index >= 15 is 0 Å². The van der Waals surface area contributed by atoms with Crippen molar-refractivity contribution in [2.24, 2.45) is 0 Å². The van der Waals surface area contributed by atoms with Gasteiger partial charge < -0.3 is 4.90 Å². The van der Waals surface area contributed by atoms with Crippen LogP contribution in [0.2, 0.25) is 0 Å². The fourth-order valence-electron chi connectivity index (χ4n) is 2.38. The number of para-hydroxylation sites is 1. The van der Waals surface area contributed by atoms with Crippen LogP contribution in [0.1, 0.15) is 11.3 Å². The number of amides is 1. The quantitative estimate of drug-likeness (QED) is 0.657. The molecule has 0 aliphatic heterocycles. The zero-order valence-electron chi connectivity index (χ0n) is 13.2. The van der Waals surface area contributed by atoms with Gasteiger partial charge in [0, 0.05) is 18.0 Å². The lowest BCUT2D eigenvalue weighted by Crippen LogP contribution is -2.29. The molecule has 3 heteroatoms. The van der Waals surface area contributed by atoms with Gasteiger partial charge in [-0.2, -0.15) is 0 Å². The van der Waals surface area contributed by atoms with E-state index in [2.05, 4.69) is 4.98 Å². The van der Waals surface area contributed by atoms with Crippen molar-refractivity contribution >= 4 is 17.7 Å². The average molecular weight is 314 g/mol. The molecule has 0 saturated heterocycles. The summed E-state index contributed by atoms with van der Waals surface area (Å²) in [5, 5.41) is 0. The van der Waals surface area contributed by atoms with Gasteiger partial charge in [-0.1, -0.05) is 54.6 Å². The van der Waals surface area contributed by atoms with Gasteiger partial charge in [0.15, 0.2) is 0 Å². The van der Waals surface area contributed by atoms with Crippen molar-refractivity contribution in [1.29, 1.82) is 0 Å². The Morgan fingerprint density at radius 2 is 1.54 bits per heavy atom. The number of anilines is 1. The summed E-state index contributed by atoms with van der Waals surface area (Å²) in [6.45, 7) is 0.433. The van der Waals surface area contributed by atoms with Crippen molar-refractivity contribution in [1.82, 2.24) is 4.98 Å². The van der Waals surface area contributed by atoms with E-state index in [0.29, 0.717) is 6.54 Å². The van der Waals surface area contributed by atoms with Crippen LogP contribution in [0.5, 0.6) is 0 Å². The van der Waals surface area contributed by atoms with Gasteiger partial charge in [-0.15, -0.1) is 0 Å². The van der Waals surface area contributed by atoms with Crippen LogP contribution < -0.4 is 4.90 Å². The summed E-state index contributed by atoms with van der Waals surface area (Å²) in [4.78, 5) is 18.8. The van der Waals surface area contributed by atoms with Crippen LogP contribution in [0.25, 0.3) is 6.08 Å². The molecule has 1 heterocycles. The molecule has 0 unspecified atom stereocenters. The van der Waals surface area contributed by atoms with Crippen LogP contribution in [-0.2, 0) is 11.3 Å². The maximum absolute atomic E-state index is 12.7. The first-order valence-electron chi connectivity index (χ1n) is 7.82. The molecule has 1 amide bonds. The first-order chi connectivity index (χ1) is 11.8. The molecule has 0 N–H and O–H groups in total. The molecule has 3 rings (SSSR count). The van der Waals surface area contributed by atoms with E-state index in [9.17, 15) is 4.79 Å². The van der Waals surface area contributed by atoms with Crippen molar-refractivity contribution in [2.75, 3.05) is 4.90 Å². The first-order valence-corrected chi connectivity index (χ1v) is 7.82. The SMILES string of the molecule is O=C(/C=C/c1ccccc1)N(Cc1ccccn1)c1ccccc1. The van der Waals surface area contributed by atoms with Crippen LogP contribution in [0.4, 0.5) is 5.69 Å². The smallest absolute Gasteiger partial charge is 0.251 e. The van der Waals surface area contributed by atoms with Gasteiger partial charge >= 0.3 is 0 Å². The Hall–Kier alpha value is -3.20. The van der Waals surface area contributed by atoms with E-state index in [0.717, 1.165) is 16.9 Å². The highest BCUT2D eigenvalue weighted by molar-refractivity contribution is 6.03. The lowest BCUT2D eigenvalue weighted by molar-refractivity contribution is -0.114. The predicted molar refractivity (Wildman–Crippen MR) is 97.3 cm³/mol. The Kier molecular flexibility index (Phi) is 5.15. The minimum Gasteiger partial charge on any atom is -0.303 e. The standard InChI is InChI=1S/C21H18N2O/c24-21(15-14-18-9-3-1-4-10-18)23(20-12-5-2-6-13-20)17-19-11-7-8-16-22-19/h1-16H,17H2/b15-14+. The van der Waals surface area contributed by atoms with E-state index in [4.69, 9.17) is 0 Å². The number of hydrogen-bond acceptors (Lipinski definition) is 2. The molecule has 0 radical (unpaired) electrons. The molecule has 0 bridgehead atoms. The van der Waals surface area contributed by atoms with Crippen molar-refractivity contribution < 1.29 is 4.79 Å². The number of pyridine rings is 1. The lowest BCUT2D eigenvalue weighted by atomic mass is 10.2. The maximum atomic E-state index is 12.7. The number of rotatable bonds is 5. The fourth-order valence-corrected chi connectivity index (χ4v) is 2.38. The van der Waals surface area contributed by atoms with Crippen molar-refractivity contribution in [3.8, 4) is 0 Å². The Morgan fingerprint density at radius 3 is 2.21 bits per heavy atom. The molecule has 24 heavy (non-hydrogen) atoms. The van der Waals surface area contributed by atoms with E-state index < -0.39 is 0 Å². The fraction of sp³-hybridized carbons (Fsp3) is 0.0476. The van der Waals surface area contributed by atoms with E-state index in [-0.39, 0.29) is 5.91 Å². The lowest BCUT2D eigenvalue weighted by Gasteiger charge is -2.21. The summed E-state index contributed by atoms with van der Waals surface area (Å²) in [7, 11) is 0. The zero-order chi connectivity index (χ0) is 16.6. The molecule has 0 spiro atoms. The van der Waals surface area contributed by atoms with E-state index in [1.165, 1.54) is 0 Å². The van der Waals surface area contributed by atoms with Crippen molar-refractivity contribution in [3.63, 3.8) is 0 Å². The van der Waals surface area contributed by atoms with Crippen LogP contribution in [0, 0.1) is 0 Å². The monoisotopic (exact) mass is 314 g/mol. The maximum Gasteiger partial charge on any atom is 0.251 e. The van der Waals surface area contributed by atoms with Crippen LogP contribution in [0.15, 0.2) is 91.1 Å². The normalized spacial score (nSPS) is 10.7. The van der Waals surface area contributed by atoms with Crippen molar-refractivity contribution in [3.05, 3.63) is 102 Å². The molecule has 2 aromatic carbocycles. The summed E-state index contributed by atoms with van der Waals surface area (Å²) < 4.78 is 0. The second kappa shape index (κ2) is 7.88. The predicted octanol–water partition coefficient (Wildman–Crippen LogP) is 4.33. The minimum atomic E-state index is -0.0734. The second-order valence-corrected chi connectivity index (χ2v) is 5.33. The molecule has 1 aromatic heterocycles. The molecule has 3 aromatic rings. The summed E-state index contributed by atoms with van der Waals surface area (Å²) in [5.41, 5.74) is 2.70. The number of aromatic nitrogens is 1. The van der Waals surface area contributed by atoms with Gasteiger partial charge in [-0.05, 0) is 35.9 Å². The summed E-state index contributed by atoms with van der Waals surface area (Å²) in [6, 6.07) is 25.2. The van der Waals surface area contributed by atoms with Crippen LogP contribution in [0.3, 0.4) is 0 Å². The number of carbonyl (C=O) groups excluding carboxylic acids is 1. The third kappa shape index (κ3) is 4.17. The molecule has 0 aliphatic rings. The third-order valence-electron chi connectivity index (χ3n) is 3.60. The van der Waals surface area contributed by atoms with Gasteiger partial charge in [0.25, 0.3) is 5.91 Å². The number of benzene rings is 2. The van der Waals surface area contributed by atoms with Gasteiger partial charge in [-0.25, -0.2) is 0 Å². The molecular formula is C21H18N2O. The highest BCUT2D eigenvalue weighted by Crippen LogP contribution is 2.17. The largest absolute Gasteiger partial charge is 0.303 e. The summed E-state index contributed by atoms with van der Waals surface area (Å²) in [6.07, 6.45) is 5.17. The highest BCUT2D eigenvalue weighted by Gasteiger charge is 2.14. The highest BCUT2D eigenvalue weighted by atomic mass is 16.2. The topological polar surface area (TPSA) is 33.2 Å². The van der Waals surface area contributed by atoms with Crippen LogP contribution in [-0.4, -0.2) is 10.9 Å². The molecular weight excluding hydrogens is 296 g/mol. The van der Waals surface area contributed by atoms with Gasteiger partial charge in [0.1, 0.15) is 0 Å². The molecule has 0 saturated carbocycles. The van der Waals surface area contributed by atoms with Gasteiger partial charge in [0.2, 0.25) is 0 Å². The molecule has 0 fully saturated rings. The Balaban J connectivity index is 1.84. The summed E-state index contributed by atoms with van der Waals surface area (Å²) >= 11 is 0. The zero-order valence-corrected chi connectivity index (χ0v) is 13.2. The first kappa shape index (κ1) is 15.7. The van der Waals surface area contributed by atoms with Crippen LogP contribution >= 0.6 is 0 Å². The number of hydrogen-bond donors (Lipinski definition) is 0. The number of nitrogens with zero attached hydrogens (tertiary/aromatic N) is 2. The van der Waals surface area contributed by atoms with E-state index in [1.807, 2.05) is 84.9 Å². The molecule has 0 atom stereocenters. The second-order valence-electron chi connectivity index (χ2n) is 5.33. The van der Waals surface area contributed by atoms with Gasteiger partial charge in [0.05, 0.1) is 12.2 Å². The Labute approximate surface area is 141 Å². The van der Waals surface area contributed by atoms with Gasteiger partial charge in [-0.3, -0.25) is 9.78 Å². The minimum absolute atomic E-state index is 0.0734. The molecule has 0 aliphatic carbocycles. The van der Waals surface area contributed by atoms with E-state index in [1.54, 1.807) is 17.2 Å². The number of carbonyl (C=O) groups is 1. The Morgan fingerprint density at radius 1 is 0.875 bits per heavy atom. The molecule has 3 nitrogen and oxygen atoms in total. The van der Waals surface area contributed by atoms with Crippen molar-refractivity contribution in [2.45, 2.75) is 6.54 Å².